The molecule has 0 heterocycles. The predicted molar refractivity (Wildman–Crippen MR) is 242 cm³/mol. The first kappa shape index (κ1) is 54.1. The average Bonchev–Trinajstić information content (AvgIpc) is 3.20. The van der Waals surface area contributed by atoms with Crippen LogP contribution >= 0.6 is 0 Å². The Balaban J connectivity index is 4.00. The first-order valence-corrected chi connectivity index (χ1v) is 24.5. The van der Waals surface area contributed by atoms with Crippen LogP contribution in [0.3, 0.4) is 0 Å². The average molecular weight is 787 g/mol. The minimum atomic E-state index is -0.531. The highest BCUT2D eigenvalue weighted by atomic mass is 16.6. The minimum absolute atomic E-state index is 0.0839. The topological polar surface area (TPSA) is 61.8 Å². The van der Waals surface area contributed by atoms with E-state index in [1.54, 1.807) is 0 Å². The van der Waals surface area contributed by atoms with Gasteiger partial charge in [-0.05, 0) is 51.4 Å². The summed E-state index contributed by atoms with van der Waals surface area (Å²) >= 11 is 0. The SMILES string of the molecule is CC/C=C\C/C=C\C/C=C\CCCCCCCCCC(=O)OCC(COCCCCCCCCCCCCCCCCCCCC)OC(=O)CCCCCCC. The van der Waals surface area contributed by atoms with Crippen molar-refractivity contribution in [3.8, 4) is 0 Å². The van der Waals surface area contributed by atoms with Gasteiger partial charge < -0.3 is 14.2 Å². The van der Waals surface area contributed by atoms with Crippen molar-refractivity contribution in [2.75, 3.05) is 19.8 Å². The zero-order valence-electron chi connectivity index (χ0n) is 37.7. The van der Waals surface area contributed by atoms with Gasteiger partial charge in [0.1, 0.15) is 6.61 Å². The van der Waals surface area contributed by atoms with Crippen molar-refractivity contribution in [3.63, 3.8) is 0 Å². The maximum Gasteiger partial charge on any atom is 0.306 e. The summed E-state index contributed by atoms with van der Waals surface area (Å²) in [7, 11) is 0. The number of carbonyl (C=O) groups excluding carboxylic acids is 2. The van der Waals surface area contributed by atoms with E-state index in [0.717, 1.165) is 70.6 Å². The van der Waals surface area contributed by atoms with Crippen LogP contribution in [0.4, 0.5) is 0 Å². The number of hydrogen-bond donors (Lipinski definition) is 0. The van der Waals surface area contributed by atoms with Gasteiger partial charge in [0.2, 0.25) is 0 Å². The number of allylic oxidation sites excluding steroid dienone is 6. The second-order valence-electron chi connectivity index (χ2n) is 16.4. The molecule has 56 heavy (non-hydrogen) atoms. The molecule has 0 spiro atoms. The highest BCUT2D eigenvalue weighted by molar-refractivity contribution is 5.70. The van der Waals surface area contributed by atoms with Crippen molar-refractivity contribution < 1.29 is 23.8 Å². The highest BCUT2D eigenvalue weighted by Crippen LogP contribution is 2.15. The number of ether oxygens (including phenoxy) is 3. The quantitative estimate of drug-likeness (QED) is 0.0349. The summed E-state index contributed by atoms with van der Waals surface area (Å²) in [5.74, 6) is -0.410. The Kier molecular flexibility index (Phi) is 45.9. The van der Waals surface area contributed by atoms with Crippen LogP contribution < -0.4 is 0 Å². The molecule has 0 rings (SSSR count). The molecule has 0 aromatic carbocycles. The predicted octanol–water partition coefficient (Wildman–Crippen LogP) is 16.2. The van der Waals surface area contributed by atoms with Gasteiger partial charge in [-0.1, -0.05) is 224 Å². The lowest BCUT2D eigenvalue weighted by Crippen LogP contribution is -2.30. The molecule has 0 aliphatic rings. The summed E-state index contributed by atoms with van der Waals surface area (Å²) < 4.78 is 17.2. The zero-order valence-corrected chi connectivity index (χ0v) is 37.7. The van der Waals surface area contributed by atoms with Crippen molar-refractivity contribution >= 4 is 11.9 Å². The molecule has 0 aliphatic carbocycles. The summed E-state index contributed by atoms with van der Waals surface area (Å²) in [4.78, 5) is 25.1. The largest absolute Gasteiger partial charge is 0.462 e. The lowest BCUT2D eigenvalue weighted by molar-refractivity contribution is -0.163. The van der Waals surface area contributed by atoms with Crippen LogP contribution in [-0.4, -0.2) is 37.9 Å². The zero-order chi connectivity index (χ0) is 40.7. The Bertz CT molecular complexity index is 893. The third-order valence-corrected chi connectivity index (χ3v) is 10.7. The Labute approximate surface area is 349 Å². The van der Waals surface area contributed by atoms with Crippen LogP contribution in [-0.2, 0) is 23.8 Å². The molecule has 5 heteroatoms. The van der Waals surface area contributed by atoms with Crippen LogP contribution in [0, 0.1) is 0 Å². The summed E-state index contributed by atoms with van der Waals surface area (Å²) in [6, 6.07) is 0. The van der Waals surface area contributed by atoms with E-state index >= 15 is 0 Å². The van der Waals surface area contributed by atoms with E-state index in [1.165, 1.54) is 148 Å². The van der Waals surface area contributed by atoms with Gasteiger partial charge in [-0.2, -0.15) is 0 Å². The van der Waals surface area contributed by atoms with Gasteiger partial charge in [0.05, 0.1) is 6.61 Å². The van der Waals surface area contributed by atoms with E-state index in [4.69, 9.17) is 14.2 Å². The second-order valence-corrected chi connectivity index (χ2v) is 16.4. The van der Waals surface area contributed by atoms with Crippen molar-refractivity contribution in [1.29, 1.82) is 0 Å². The Morgan fingerprint density at radius 2 is 0.804 bits per heavy atom. The maximum absolute atomic E-state index is 12.6. The van der Waals surface area contributed by atoms with Crippen molar-refractivity contribution in [3.05, 3.63) is 36.5 Å². The summed E-state index contributed by atoms with van der Waals surface area (Å²) in [5.41, 5.74) is 0. The van der Waals surface area contributed by atoms with Crippen LogP contribution in [0.15, 0.2) is 36.5 Å². The molecule has 5 nitrogen and oxygen atoms in total. The molecule has 0 N–H and O–H groups in total. The molecule has 1 atom stereocenters. The fourth-order valence-corrected chi connectivity index (χ4v) is 7.05. The minimum Gasteiger partial charge on any atom is -0.462 e. The normalized spacial score (nSPS) is 12.4. The van der Waals surface area contributed by atoms with Gasteiger partial charge in [-0.25, -0.2) is 0 Å². The van der Waals surface area contributed by atoms with Gasteiger partial charge in [-0.3, -0.25) is 9.59 Å². The second kappa shape index (κ2) is 47.5. The van der Waals surface area contributed by atoms with E-state index in [9.17, 15) is 9.59 Å². The molecular weight excluding hydrogens is 693 g/mol. The number of carbonyl (C=O) groups is 2. The molecule has 0 aliphatic heterocycles. The van der Waals surface area contributed by atoms with E-state index in [0.29, 0.717) is 19.4 Å². The Morgan fingerprint density at radius 1 is 0.411 bits per heavy atom. The number of rotatable bonds is 45. The van der Waals surface area contributed by atoms with Gasteiger partial charge in [0.25, 0.3) is 0 Å². The van der Waals surface area contributed by atoms with Crippen molar-refractivity contribution in [2.24, 2.45) is 0 Å². The molecule has 1 unspecified atom stereocenters. The molecule has 0 radical (unpaired) electrons. The fourth-order valence-electron chi connectivity index (χ4n) is 7.05. The smallest absolute Gasteiger partial charge is 0.306 e. The van der Waals surface area contributed by atoms with Crippen LogP contribution in [0.5, 0.6) is 0 Å². The Morgan fingerprint density at radius 3 is 1.29 bits per heavy atom. The van der Waals surface area contributed by atoms with Gasteiger partial charge in [0.15, 0.2) is 6.10 Å². The Hall–Kier alpha value is -1.88. The summed E-state index contributed by atoms with van der Waals surface area (Å²) in [6.07, 6.45) is 56.1. The number of hydrogen-bond acceptors (Lipinski definition) is 5. The van der Waals surface area contributed by atoms with Crippen LogP contribution in [0.25, 0.3) is 0 Å². The third-order valence-electron chi connectivity index (χ3n) is 10.7. The lowest BCUT2D eigenvalue weighted by atomic mass is 10.0. The highest BCUT2D eigenvalue weighted by Gasteiger charge is 2.17. The number of unbranched alkanes of at least 4 members (excludes halogenated alkanes) is 28. The summed E-state index contributed by atoms with van der Waals surface area (Å²) in [5, 5.41) is 0. The molecule has 0 aromatic heterocycles. The molecular formula is C51H94O5. The lowest BCUT2D eigenvalue weighted by Gasteiger charge is -2.18. The first-order chi connectivity index (χ1) is 27.6. The fraction of sp³-hybridized carbons (Fsp3) is 0.843. The molecule has 0 saturated carbocycles. The molecule has 0 saturated heterocycles. The molecule has 328 valence electrons. The standard InChI is InChI=1S/C51H94O5/c1-4-7-10-13-15-17-19-21-23-25-27-29-31-33-35-37-40-43-46-54-47-49(56-51(53)45-42-38-12-9-6-3)48-55-50(52)44-41-39-36-34-32-30-28-26-24-22-20-18-16-14-11-8-5-2/h8,11,16,18,22,24,49H,4-7,9-10,12-15,17,19-21,23,25-48H2,1-3H3/b11-8-,18-16-,24-22-. The van der Waals surface area contributed by atoms with Gasteiger partial charge in [-0.15, -0.1) is 0 Å². The van der Waals surface area contributed by atoms with E-state index < -0.39 is 6.10 Å². The van der Waals surface area contributed by atoms with Crippen molar-refractivity contribution in [1.82, 2.24) is 0 Å². The first-order valence-electron chi connectivity index (χ1n) is 24.5. The third kappa shape index (κ3) is 44.8. The molecule has 0 amide bonds. The van der Waals surface area contributed by atoms with Crippen LogP contribution in [0.1, 0.15) is 252 Å². The van der Waals surface area contributed by atoms with E-state index in [-0.39, 0.29) is 25.2 Å². The monoisotopic (exact) mass is 787 g/mol. The maximum atomic E-state index is 12.6. The summed E-state index contributed by atoms with van der Waals surface area (Å²) in [6.45, 7) is 7.67. The molecule has 0 fully saturated rings. The van der Waals surface area contributed by atoms with Crippen LogP contribution in [0.2, 0.25) is 0 Å². The van der Waals surface area contributed by atoms with E-state index in [2.05, 4.69) is 57.2 Å². The van der Waals surface area contributed by atoms with E-state index in [1.807, 2.05) is 0 Å². The van der Waals surface area contributed by atoms with Gasteiger partial charge in [0, 0.05) is 19.4 Å². The number of esters is 2. The molecule has 0 aromatic rings. The molecule has 0 bridgehead atoms. The van der Waals surface area contributed by atoms with Gasteiger partial charge >= 0.3 is 11.9 Å². The van der Waals surface area contributed by atoms with Crippen molar-refractivity contribution in [2.45, 2.75) is 258 Å².